The van der Waals surface area contributed by atoms with Crippen LogP contribution in [-0.2, 0) is 12.8 Å². The number of benzene rings is 2. The molecule has 0 saturated carbocycles. The Kier molecular flexibility index (Phi) is 4.58. The Labute approximate surface area is 160 Å². The molecule has 0 saturated heterocycles. The molecule has 1 heterocycles. The molecule has 2 aliphatic rings. The van der Waals surface area contributed by atoms with Crippen molar-refractivity contribution in [2.75, 3.05) is 7.11 Å². The van der Waals surface area contributed by atoms with Crippen molar-refractivity contribution in [2.45, 2.75) is 57.6 Å². The van der Waals surface area contributed by atoms with Crippen molar-refractivity contribution in [1.29, 1.82) is 0 Å². The molecule has 4 rings (SSSR count). The van der Waals surface area contributed by atoms with Crippen LogP contribution in [0.25, 0.3) is 0 Å². The van der Waals surface area contributed by atoms with Gasteiger partial charge in [0.15, 0.2) is 0 Å². The summed E-state index contributed by atoms with van der Waals surface area (Å²) >= 11 is 0. The van der Waals surface area contributed by atoms with Crippen LogP contribution in [0.3, 0.4) is 0 Å². The minimum Gasteiger partial charge on any atom is -0.497 e. The van der Waals surface area contributed by atoms with Gasteiger partial charge < -0.3 is 14.8 Å². The zero-order valence-electron chi connectivity index (χ0n) is 16.3. The zero-order chi connectivity index (χ0) is 19.0. The summed E-state index contributed by atoms with van der Waals surface area (Å²) in [5.74, 6) is 1.55. The molecule has 4 heteroatoms. The molecule has 1 N–H and O–H groups in total. The third-order valence-corrected chi connectivity index (χ3v) is 5.59. The van der Waals surface area contributed by atoms with E-state index in [1.807, 2.05) is 24.3 Å². The second kappa shape index (κ2) is 6.91. The van der Waals surface area contributed by atoms with Gasteiger partial charge in [-0.2, -0.15) is 0 Å². The Morgan fingerprint density at radius 1 is 1.11 bits per heavy atom. The normalized spacial score (nSPS) is 20.0. The van der Waals surface area contributed by atoms with E-state index in [9.17, 15) is 4.79 Å². The average Bonchev–Trinajstić information content (AvgIpc) is 2.66. The highest BCUT2D eigenvalue weighted by Crippen LogP contribution is 2.41. The molecule has 0 aromatic heterocycles. The highest BCUT2D eigenvalue weighted by atomic mass is 16.5. The molecule has 0 spiro atoms. The maximum Gasteiger partial charge on any atom is 0.251 e. The van der Waals surface area contributed by atoms with Gasteiger partial charge in [-0.25, -0.2) is 0 Å². The lowest BCUT2D eigenvalue weighted by molar-refractivity contribution is 0.0618. The van der Waals surface area contributed by atoms with Gasteiger partial charge in [-0.05, 0) is 81.0 Å². The first-order valence-electron chi connectivity index (χ1n) is 9.75. The van der Waals surface area contributed by atoms with E-state index in [0.717, 1.165) is 35.5 Å². The van der Waals surface area contributed by atoms with Gasteiger partial charge in [-0.15, -0.1) is 0 Å². The summed E-state index contributed by atoms with van der Waals surface area (Å²) in [6.07, 6.45) is 5.36. The number of ether oxygens (including phenoxy) is 2. The lowest BCUT2D eigenvalue weighted by Gasteiger charge is -2.38. The summed E-state index contributed by atoms with van der Waals surface area (Å²) < 4.78 is 11.5. The summed E-state index contributed by atoms with van der Waals surface area (Å²) in [5, 5.41) is 3.23. The van der Waals surface area contributed by atoms with Gasteiger partial charge in [0.1, 0.15) is 17.1 Å². The van der Waals surface area contributed by atoms with Crippen molar-refractivity contribution >= 4 is 5.91 Å². The van der Waals surface area contributed by atoms with Crippen molar-refractivity contribution in [1.82, 2.24) is 5.32 Å². The molecule has 1 amide bonds. The van der Waals surface area contributed by atoms with Crippen LogP contribution in [0.2, 0.25) is 0 Å². The van der Waals surface area contributed by atoms with Crippen molar-refractivity contribution in [2.24, 2.45) is 0 Å². The van der Waals surface area contributed by atoms with E-state index < -0.39 is 0 Å². The third-order valence-electron chi connectivity index (χ3n) is 5.59. The molecule has 4 nitrogen and oxygen atoms in total. The number of amides is 1. The predicted molar refractivity (Wildman–Crippen MR) is 106 cm³/mol. The molecule has 2 aromatic rings. The topological polar surface area (TPSA) is 47.6 Å². The van der Waals surface area contributed by atoms with Crippen LogP contribution in [0, 0.1) is 0 Å². The van der Waals surface area contributed by atoms with E-state index in [1.54, 1.807) is 7.11 Å². The molecule has 1 aliphatic carbocycles. The van der Waals surface area contributed by atoms with Crippen LogP contribution >= 0.6 is 0 Å². The fourth-order valence-corrected chi connectivity index (χ4v) is 4.20. The predicted octanol–water partition coefficient (Wildman–Crippen LogP) is 4.61. The number of nitrogens with one attached hydrogen (secondary N) is 1. The van der Waals surface area contributed by atoms with Gasteiger partial charge in [0.05, 0.1) is 13.2 Å². The molecule has 1 atom stereocenters. The third kappa shape index (κ3) is 3.66. The van der Waals surface area contributed by atoms with Crippen LogP contribution in [0.5, 0.6) is 11.5 Å². The number of hydrogen-bond acceptors (Lipinski definition) is 3. The molecule has 2 aromatic carbocycles. The fraction of sp³-hybridized carbons (Fsp3) is 0.435. The number of aryl methyl sites for hydroxylation is 2. The minimum absolute atomic E-state index is 0.0279. The van der Waals surface area contributed by atoms with Gasteiger partial charge >= 0.3 is 0 Å². The van der Waals surface area contributed by atoms with Gasteiger partial charge in [-0.3, -0.25) is 4.79 Å². The molecule has 0 radical (unpaired) electrons. The summed E-state index contributed by atoms with van der Waals surface area (Å²) in [6, 6.07) is 11.8. The average molecular weight is 365 g/mol. The van der Waals surface area contributed by atoms with E-state index in [0.29, 0.717) is 6.42 Å². The summed E-state index contributed by atoms with van der Waals surface area (Å²) in [6.45, 7) is 4.11. The van der Waals surface area contributed by atoms with Gasteiger partial charge in [0.25, 0.3) is 5.91 Å². The molecule has 27 heavy (non-hydrogen) atoms. The number of carbonyl (C=O) groups is 1. The molecular formula is C23H27NO3. The summed E-state index contributed by atoms with van der Waals surface area (Å²) in [7, 11) is 1.65. The maximum absolute atomic E-state index is 13.0. The Hall–Kier alpha value is -2.49. The number of fused-ring (bicyclic) bond motifs is 2. The summed E-state index contributed by atoms with van der Waals surface area (Å²) in [5.41, 5.74) is 4.09. The van der Waals surface area contributed by atoms with E-state index in [2.05, 4.69) is 31.3 Å². The van der Waals surface area contributed by atoms with E-state index >= 15 is 0 Å². The molecule has 142 valence electrons. The smallest absolute Gasteiger partial charge is 0.251 e. The molecule has 0 unspecified atom stereocenters. The number of hydrogen-bond donors (Lipinski definition) is 1. The second-order valence-electron chi connectivity index (χ2n) is 8.19. The summed E-state index contributed by atoms with van der Waals surface area (Å²) in [4.78, 5) is 13.0. The Balaban J connectivity index is 1.61. The van der Waals surface area contributed by atoms with E-state index in [4.69, 9.17) is 9.47 Å². The SMILES string of the molecule is COc1ccc2c(c1)[C@@H](NC(=O)c1ccc3c(c1)CCCC3)CC(C)(C)O2. The Morgan fingerprint density at radius 3 is 2.67 bits per heavy atom. The fourth-order valence-electron chi connectivity index (χ4n) is 4.20. The van der Waals surface area contributed by atoms with Crippen LogP contribution in [0.15, 0.2) is 36.4 Å². The van der Waals surface area contributed by atoms with E-state index in [1.165, 1.54) is 24.0 Å². The van der Waals surface area contributed by atoms with Crippen LogP contribution in [-0.4, -0.2) is 18.6 Å². The zero-order valence-corrected chi connectivity index (χ0v) is 16.3. The lowest BCUT2D eigenvalue weighted by Crippen LogP contribution is -2.41. The first-order chi connectivity index (χ1) is 12.9. The van der Waals surface area contributed by atoms with Gasteiger partial charge in [0, 0.05) is 17.5 Å². The van der Waals surface area contributed by atoms with Crippen LogP contribution in [0.4, 0.5) is 0 Å². The Bertz CT molecular complexity index is 872. The monoisotopic (exact) mass is 365 g/mol. The van der Waals surface area contributed by atoms with Crippen molar-refractivity contribution in [3.05, 3.63) is 58.7 Å². The quantitative estimate of drug-likeness (QED) is 0.864. The van der Waals surface area contributed by atoms with Crippen molar-refractivity contribution < 1.29 is 14.3 Å². The van der Waals surface area contributed by atoms with Crippen LogP contribution < -0.4 is 14.8 Å². The highest BCUT2D eigenvalue weighted by molar-refractivity contribution is 5.94. The lowest BCUT2D eigenvalue weighted by atomic mass is 9.88. The number of methoxy groups -OCH3 is 1. The largest absolute Gasteiger partial charge is 0.497 e. The van der Waals surface area contributed by atoms with Crippen molar-refractivity contribution in [3.8, 4) is 11.5 Å². The Morgan fingerprint density at radius 2 is 1.89 bits per heavy atom. The second-order valence-corrected chi connectivity index (χ2v) is 8.19. The van der Waals surface area contributed by atoms with Gasteiger partial charge in [0.2, 0.25) is 0 Å². The van der Waals surface area contributed by atoms with Crippen molar-refractivity contribution in [3.63, 3.8) is 0 Å². The van der Waals surface area contributed by atoms with Gasteiger partial charge in [-0.1, -0.05) is 6.07 Å². The first kappa shape index (κ1) is 17.9. The molecular weight excluding hydrogens is 338 g/mol. The standard InChI is InChI=1S/C23H27NO3/c1-23(2)14-20(19-13-18(26-3)10-11-21(19)27-23)24-22(25)17-9-8-15-6-4-5-7-16(15)12-17/h8-13,20H,4-7,14H2,1-3H3,(H,24,25)/t20-/m0/s1. The molecule has 0 bridgehead atoms. The van der Waals surface area contributed by atoms with Crippen LogP contribution in [0.1, 0.15) is 66.2 Å². The molecule has 0 fully saturated rings. The maximum atomic E-state index is 13.0. The highest BCUT2D eigenvalue weighted by Gasteiger charge is 2.35. The number of carbonyl (C=O) groups excluding carboxylic acids is 1. The minimum atomic E-state index is -0.338. The number of rotatable bonds is 3. The molecule has 1 aliphatic heterocycles. The first-order valence-corrected chi connectivity index (χ1v) is 9.75. The van der Waals surface area contributed by atoms with E-state index in [-0.39, 0.29) is 17.6 Å².